The van der Waals surface area contributed by atoms with Gasteiger partial charge in [0.25, 0.3) is 5.56 Å². The number of rotatable bonds is 7. The van der Waals surface area contributed by atoms with Crippen LogP contribution in [0.3, 0.4) is 0 Å². The maximum Gasteiger partial charge on any atom is 0.311 e. The first-order valence-electron chi connectivity index (χ1n) is 9.09. The summed E-state index contributed by atoms with van der Waals surface area (Å²) >= 11 is 0. The first-order valence-corrected chi connectivity index (χ1v) is 9.09. The summed E-state index contributed by atoms with van der Waals surface area (Å²) in [5.74, 6) is 1.05. The molecule has 0 fully saturated rings. The second kappa shape index (κ2) is 8.56. The highest BCUT2D eigenvalue weighted by molar-refractivity contribution is 5.77. The second-order valence-corrected chi connectivity index (χ2v) is 6.04. The molecule has 3 aromatic rings. The molecule has 0 aliphatic heterocycles. The second-order valence-electron chi connectivity index (χ2n) is 6.04. The van der Waals surface area contributed by atoms with Crippen molar-refractivity contribution in [3.63, 3.8) is 0 Å². The third kappa shape index (κ3) is 3.98. The van der Waals surface area contributed by atoms with E-state index >= 15 is 0 Å². The van der Waals surface area contributed by atoms with Gasteiger partial charge in [-0.05, 0) is 31.2 Å². The lowest BCUT2D eigenvalue weighted by Crippen LogP contribution is -2.23. The molecular formula is C21H22N2O5. The van der Waals surface area contributed by atoms with E-state index in [0.717, 1.165) is 0 Å². The predicted octanol–water partition coefficient (Wildman–Crippen LogP) is 3.23. The fourth-order valence-corrected chi connectivity index (χ4v) is 2.70. The number of fused-ring (bicyclic) bond motifs is 1. The van der Waals surface area contributed by atoms with E-state index in [1.165, 1.54) is 4.57 Å². The average Bonchev–Trinajstić information content (AvgIpc) is 2.71. The lowest BCUT2D eigenvalue weighted by molar-refractivity contribution is -0.134. The zero-order chi connectivity index (χ0) is 20.1. The molecule has 2 aromatic carbocycles. The molecule has 3 rings (SSSR count). The summed E-state index contributed by atoms with van der Waals surface area (Å²) in [7, 11) is 1.65. The molecule has 0 saturated heterocycles. The maximum absolute atomic E-state index is 12.5. The van der Waals surface area contributed by atoms with Gasteiger partial charge in [-0.25, -0.2) is 4.98 Å². The molecule has 0 radical (unpaired) electrons. The number of benzene rings is 2. The highest BCUT2D eigenvalue weighted by Gasteiger charge is 2.17. The zero-order valence-corrected chi connectivity index (χ0v) is 16.1. The highest BCUT2D eigenvalue weighted by Crippen LogP contribution is 2.38. The van der Waals surface area contributed by atoms with Crippen LogP contribution in [0, 0.1) is 0 Å². The van der Waals surface area contributed by atoms with Crippen LogP contribution in [-0.2, 0) is 18.4 Å². The van der Waals surface area contributed by atoms with Gasteiger partial charge in [-0.1, -0.05) is 25.1 Å². The minimum absolute atomic E-state index is 0.0306. The Kier molecular flexibility index (Phi) is 5.93. The summed E-state index contributed by atoms with van der Waals surface area (Å²) in [5.41, 5.74) is 0.454. The fourth-order valence-electron chi connectivity index (χ4n) is 2.70. The van der Waals surface area contributed by atoms with Gasteiger partial charge in [-0.15, -0.1) is 0 Å². The molecule has 0 saturated carbocycles. The van der Waals surface area contributed by atoms with E-state index in [4.69, 9.17) is 14.2 Å². The van der Waals surface area contributed by atoms with Gasteiger partial charge in [0.15, 0.2) is 11.5 Å². The van der Waals surface area contributed by atoms with Gasteiger partial charge in [0.05, 0.1) is 17.5 Å². The number of nitrogens with zero attached hydrogens (tertiary/aromatic N) is 2. The summed E-state index contributed by atoms with van der Waals surface area (Å²) in [6.07, 6.45) is 0.223. The molecule has 0 aliphatic rings. The van der Waals surface area contributed by atoms with Crippen molar-refractivity contribution in [3.8, 4) is 17.2 Å². The van der Waals surface area contributed by atoms with E-state index in [0.29, 0.717) is 34.8 Å². The minimum Gasteiger partial charge on any atom is -0.490 e. The van der Waals surface area contributed by atoms with Crippen LogP contribution in [0.2, 0.25) is 0 Å². The normalized spacial score (nSPS) is 10.7. The Labute approximate surface area is 162 Å². The van der Waals surface area contributed by atoms with Crippen molar-refractivity contribution < 1.29 is 19.0 Å². The van der Waals surface area contributed by atoms with E-state index in [1.54, 1.807) is 50.4 Å². The lowest BCUT2D eigenvalue weighted by Gasteiger charge is -2.16. The van der Waals surface area contributed by atoms with E-state index < -0.39 is 5.97 Å². The van der Waals surface area contributed by atoms with Crippen molar-refractivity contribution in [1.29, 1.82) is 0 Å². The molecule has 146 valence electrons. The maximum atomic E-state index is 12.5. The Hall–Kier alpha value is -3.35. The number of aromatic nitrogens is 2. The molecule has 0 unspecified atom stereocenters. The molecule has 7 nitrogen and oxygen atoms in total. The molecule has 0 aliphatic carbocycles. The average molecular weight is 382 g/mol. The van der Waals surface area contributed by atoms with Gasteiger partial charge in [0, 0.05) is 13.5 Å². The van der Waals surface area contributed by atoms with Crippen LogP contribution in [0.4, 0.5) is 0 Å². The van der Waals surface area contributed by atoms with Crippen molar-refractivity contribution in [3.05, 3.63) is 58.6 Å². The van der Waals surface area contributed by atoms with E-state index in [2.05, 4.69) is 4.98 Å². The summed E-state index contributed by atoms with van der Waals surface area (Å²) in [6.45, 7) is 4.00. The van der Waals surface area contributed by atoms with Gasteiger partial charge < -0.3 is 14.2 Å². The molecule has 1 aromatic heterocycles. The Morgan fingerprint density at radius 1 is 1.04 bits per heavy atom. The SMILES string of the molecule is CCOc1cccc(OCc2nc3ccccc3c(=O)n2C)c1OC(=O)CC. The fraction of sp³-hybridized carbons (Fsp3) is 0.286. The summed E-state index contributed by atoms with van der Waals surface area (Å²) in [5, 5.41) is 0.546. The molecule has 0 atom stereocenters. The third-order valence-corrected chi connectivity index (χ3v) is 4.18. The third-order valence-electron chi connectivity index (χ3n) is 4.18. The first kappa shape index (κ1) is 19.4. The Bertz CT molecular complexity index is 1060. The standard InChI is InChI=1S/C21H22N2O5/c1-4-19(24)28-20-16(26-5-2)11-8-12-17(20)27-13-18-22-15-10-7-6-9-14(15)21(25)23(18)3/h6-12H,4-5,13H2,1-3H3. The van der Waals surface area contributed by atoms with Crippen LogP contribution in [0.1, 0.15) is 26.1 Å². The van der Waals surface area contributed by atoms with Crippen LogP contribution in [-0.4, -0.2) is 22.1 Å². The smallest absolute Gasteiger partial charge is 0.311 e. The van der Waals surface area contributed by atoms with E-state index in [-0.39, 0.29) is 24.3 Å². The molecule has 1 heterocycles. The number of hydrogen-bond donors (Lipinski definition) is 0. The molecule has 0 spiro atoms. The first-order chi connectivity index (χ1) is 13.5. The number of carbonyl (C=O) groups excluding carboxylic acids is 1. The van der Waals surface area contributed by atoms with Gasteiger partial charge >= 0.3 is 5.97 Å². The predicted molar refractivity (Wildman–Crippen MR) is 105 cm³/mol. The van der Waals surface area contributed by atoms with Gasteiger partial charge in [0.1, 0.15) is 12.4 Å². The molecular weight excluding hydrogens is 360 g/mol. The number of para-hydroxylation sites is 2. The highest BCUT2D eigenvalue weighted by atomic mass is 16.6. The van der Waals surface area contributed by atoms with Gasteiger partial charge in [-0.2, -0.15) is 0 Å². The molecule has 7 heteroatoms. The Morgan fingerprint density at radius 2 is 1.75 bits per heavy atom. The summed E-state index contributed by atoms with van der Waals surface area (Å²) in [4.78, 5) is 28.9. The number of ether oxygens (including phenoxy) is 3. The van der Waals surface area contributed by atoms with E-state index in [9.17, 15) is 9.59 Å². The van der Waals surface area contributed by atoms with E-state index in [1.807, 2.05) is 13.0 Å². The molecule has 0 N–H and O–H groups in total. The summed E-state index contributed by atoms with van der Waals surface area (Å²) < 4.78 is 18.3. The van der Waals surface area contributed by atoms with Crippen molar-refractivity contribution in [2.45, 2.75) is 26.9 Å². The van der Waals surface area contributed by atoms with Crippen molar-refractivity contribution in [1.82, 2.24) is 9.55 Å². The van der Waals surface area contributed by atoms with Gasteiger partial charge in [-0.3, -0.25) is 14.2 Å². The largest absolute Gasteiger partial charge is 0.490 e. The zero-order valence-electron chi connectivity index (χ0n) is 16.1. The van der Waals surface area contributed by atoms with Gasteiger partial charge in [0.2, 0.25) is 5.75 Å². The van der Waals surface area contributed by atoms with Crippen LogP contribution in [0.5, 0.6) is 17.2 Å². The topological polar surface area (TPSA) is 79.7 Å². The monoisotopic (exact) mass is 382 g/mol. The number of esters is 1. The van der Waals surface area contributed by atoms with Crippen molar-refractivity contribution in [2.24, 2.45) is 7.05 Å². The van der Waals surface area contributed by atoms with Crippen LogP contribution >= 0.6 is 0 Å². The van der Waals surface area contributed by atoms with Crippen molar-refractivity contribution in [2.75, 3.05) is 6.61 Å². The van der Waals surface area contributed by atoms with Crippen LogP contribution in [0.15, 0.2) is 47.3 Å². The minimum atomic E-state index is -0.395. The number of carbonyl (C=O) groups is 1. The Balaban J connectivity index is 1.93. The van der Waals surface area contributed by atoms with Crippen molar-refractivity contribution >= 4 is 16.9 Å². The quantitative estimate of drug-likeness (QED) is 0.461. The van der Waals surface area contributed by atoms with Crippen LogP contribution < -0.4 is 19.8 Å². The number of hydrogen-bond acceptors (Lipinski definition) is 6. The summed E-state index contributed by atoms with van der Waals surface area (Å²) in [6, 6.07) is 12.3. The lowest BCUT2D eigenvalue weighted by atomic mass is 10.2. The molecule has 0 amide bonds. The Morgan fingerprint density at radius 3 is 2.46 bits per heavy atom. The molecule has 0 bridgehead atoms. The van der Waals surface area contributed by atoms with Crippen LogP contribution in [0.25, 0.3) is 10.9 Å². The molecule has 28 heavy (non-hydrogen) atoms.